The Morgan fingerprint density at radius 2 is 1.39 bits per heavy atom. The number of fused-ring (bicyclic) bond motifs is 3. The standard InChI is InChI=1S/2C25H18N2OS.CH2O3.2K.H/c1-14(2)12-15-6-8-16(9-7-15)29-21-11-10-19-22-17(21)4-3-5-18(22)23-20(13-26)25(28)27-24(19)23;1-4-15(2)16-8-10-17(11-9-16)29-22-13-12-20-23-18(22)6-5-7-19(23)24(25(20)28)21(14-26)27-3;2-1-4-3;;;/h3-11,14H,12H2,1-2H3;5-13,15H,4H2,1-2H3;1,3H;;;/q;;;2*+1;-1/p-1/b;24-21-;;;;. The quantitative estimate of drug-likeness (QED) is 0.0687. The maximum atomic E-state index is 12.9. The van der Waals surface area contributed by atoms with Crippen LogP contribution in [0.15, 0.2) is 144 Å². The zero-order valence-corrected chi connectivity index (χ0v) is 44.1. The van der Waals surface area contributed by atoms with Gasteiger partial charge in [0.25, 0.3) is 18.1 Å². The molecule has 1 aliphatic heterocycles. The molecule has 1 heterocycles. The minimum Gasteiger partial charge on any atom is -1.00 e. The number of benzene rings is 6. The van der Waals surface area contributed by atoms with Crippen molar-refractivity contribution in [3.63, 3.8) is 0 Å². The van der Waals surface area contributed by atoms with Crippen LogP contribution in [0.3, 0.4) is 0 Å². The van der Waals surface area contributed by atoms with E-state index in [0.29, 0.717) is 33.9 Å². The minimum absolute atomic E-state index is 0. The van der Waals surface area contributed by atoms with Gasteiger partial charge in [-0.1, -0.05) is 118 Å². The molecule has 0 fully saturated rings. The number of nitriles is 2. The van der Waals surface area contributed by atoms with Crippen LogP contribution in [0, 0.1) is 35.2 Å². The maximum Gasteiger partial charge on any atom is 1.00 e. The second kappa shape index (κ2) is 23.1. The topological polar surface area (TPSA) is 148 Å². The molecule has 306 valence electrons. The first-order chi connectivity index (χ1) is 30.1. The first-order valence-electron chi connectivity index (χ1n) is 19.8. The Morgan fingerprint density at radius 1 is 0.812 bits per heavy atom. The van der Waals surface area contributed by atoms with Gasteiger partial charge in [0.15, 0.2) is 5.43 Å². The van der Waals surface area contributed by atoms with E-state index in [0.717, 1.165) is 60.2 Å². The Kier molecular flexibility index (Phi) is 18.5. The Bertz CT molecular complexity index is 3210. The number of rotatable bonds is 9. The number of hydrogen-bond acceptors (Lipinski definition) is 9. The number of amides is 1. The van der Waals surface area contributed by atoms with E-state index in [9.17, 15) is 20.1 Å². The van der Waals surface area contributed by atoms with Gasteiger partial charge in [0.2, 0.25) is 0 Å². The molecule has 9 nitrogen and oxygen atoms in total. The number of hydrogen-bond donors (Lipinski definition) is 0. The third-order valence-corrected chi connectivity index (χ3v) is 13.0. The van der Waals surface area contributed by atoms with E-state index < -0.39 is 5.91 Å². The van der Waals surface area contributed by atoms with Gasteiger partial charge in [0, 0.05) is 52.1 Å². The number of carbonyl (C=O) groups excluding carboxylic acids is 2. The summed E-state index contributed by atoms with van der Waals surface area (Å²) in [5.74, 6) is 0.755. The molecule has 1 atom stereocenters. The third-order valence-electron chi connectivity index (χ3n) is 10.9. The summed E-state index contributed by atoms with van der Waals surface area (Å²) in [4.78, 5) is 48.2. The van der Waals surface area contributed by atoms with E-state index in [1.54, 1.807) is 23.5 Å². The molecule has 64 heavy (non-hydrogen) atoms. The van der Waals surface area contributed by atoms with Crippen LogP contribution in [-0.2, 0) is 20.9 Å². The van der Waals surface area contributed by atoms with Crippen molar-refractivity contribution in [2.45, 2.75) is 66.0 Å². The van der Waals surface area contributed by atoms with Crippen molar-refractivity contribution >= 4 is 85.2 Å². The summed E-state index contributed by atoms with van der Waals surface area (Å²) in [5.41, 5.74) is 5.68. The van der Waals surface area contributed by atoms with E-state index in [1.165, 1.54) is 16.0 Å². The van der Waals surface area contributed by atoms with Gasteiger partial charge in [-0.05, 0) is 100.0 Å². The predicted molar refractivity (Wildman–Crippen MR) is 244 cm³/mol. The van der Waals surface area contributed by atoms with E-state index in [2.05, 4.69) is 103 Å². The first kappa shape index (κ1) is 51.2. The van der Waals surface area contributed by atoms with Crippen molar-refractivity contribution in [2.24, 2.45) is 10.9 Å². The molecule has 0 spiro atoms. The van der Waals surface area contributed by atoms with Crippen LogP contribution in [0.1, 0.15) is 63.7 Å². The molecule has 7 aromatic carbocycles. The summed E-state index contributed by atoms with van der Waals surface area (Å²) < 4.78 is 0. The van der Waals surface area contributed by atoms with Gasteiger partial charge in [-0.15, -0.1) is 0 Å². The first-order valence-corrected chi connectivity index (χ1v) is 21.4. The molecule has 13 heteroatoms. The predicted octanol–water partition coefficient (Wildman–Crippen LogP) is 4.09. The van der Waals surface area contributed by atoms with Crippen LogP contribution in [-0.4, -0.2) is 18.1 Å². The van der Waals surface area contributed by atoms with Crippen LogP contribution in [0.4, 0.5) is 0 Å². The molecule has 0 aromatic heterocycles. The second-order valence-corrected chi connectivity index (χ2v) is 17.3. The van der Waals surface area contributed by atoms with Crippen molar-refractivity contribution in [1.29, 1.82) is 10.5 Å². The maximum absolute atomic E-state index is 12.9. The van der Waals surface area contributed by atoms with Crippen LogP contribution >= 0.6 is 23.5 Å². The SMILES string of the molecule is CC(C)Cc1ccc(Sc2ccc3c4c(cccc24)C2=C(C#N)C(=O)N=C23)cc1.O=CO[O-].[C-]#[N+]/C(C#N)=c1\c(=O)c2ccc(Sc3ccc(C(C)CC)cc3)c3cccc1c32.[H-].[K+].[K+]. The van der Waals surface area contributed by atoms with Crippen LogP contribution < -0.4 is 119 Å². The molecule has 9 rings (SSSR count). The third kappa shape index (κ3) is 10.4. The van der Waals surface area contributed by atoms with E-state index in [1.807, 2.05) is 60.7 Å². The van der Waals surface area contributed by atoms with E-state index in [-0.39, 0.29) is 133 Å². The monoisotopic (exact) mass is 928 g/mol. The van der Waals surface area contributed by atoms with Gasteiger partial charge in [0.1, 0.15) is 11.6 Å². The van der Waals surface area contributed by atoms with Gasteiger partial charge in [-0.25, -0.2) is 15.1 Å². The smallest absolute Gasteiger partial charge is 1.00 e. The fourth-order valence-corrected chi connectivity index (χ4v) is 9.77. The summed E-state index contributed by atoms with van der Waals surface area (Å²) in [6.45, 7) is 16.0. The van der Waals surface area contributed by atoms with E-state index >= 15 is 0 Å². The zero-order valence-electron chi connectivity index (χ0n) is 37.2. The Labute approximate surface area is 466 Å². The largest absolute Gasteiger partial charge is 1.00 e. The Balaban J connectivity index is 0.000000252. The normalized spacial score (nSPS) is 12.9. The summed E-state index contributed by atoms with van der Waals surface area (Å²) in [6, 6.07) is 41.0. The van der Waals surface area contributed by atoms with Crippen molar-refractivity contribution in [3.05, 3.63) is 164 Å². The van der Waals surface area contributed by atoms with Gasteiger partial charge >= 0.3 is 103 Å². The Morgan fingerprint density at radius 3 is 1.95 bits per heavy atom. The summed E-state index contributed by atoms with van der Waals surface area (Å²) in [6.07, 6.45) is 2.20. The summed E-state index contributed by atoms with van der Waals surface area (Å²) in [5, 5.41) is 32.7. The minimum atomic E-state index is -0.430. The molecule has 1 aliphatic carbocycles. The molecular formula is C51H38K2N4O5S2. The van der Waals surface area contributed by atoms with E-state index in [4.69, 9.17) is 16.6 Å². The molecule has 0 N–H and O–H groups in total. The summed E-state index contributed by atoms with van der Waals surface area (Å²) in [7, 11) is 0. The average Bonchev–Trinajstić information content (AvgIpc) is 3.89. The molecule has 0 bridgehead atoms. The molecule has 2 aliphatic rings. The van der Waals surface area contributed by atoms with Crippen molar-refractivity contribution in [1.82, 2.24) is 0 Å². The second-order valence-electron chi connectivity index (χ2n) is 15.1. The number of aliphatic imine (C=N–C) groups is 1. The molecule has 7 aromatic rings. The van der Waals surface area contributed by atoms with Gasteiger partial charge in [-0.3, -0.25) is 14.4 Å². The van der Waals surface area contributed by atoms with Crippen molar-refractivity contribution in [2.75, 3.05) is 0 Å². The molecule has 1 amide bonds. The zero-order chi connectivity index (χ0) is 44.1. The van der Waals surface area contributed by atoms with Gasteiger partial charge < -0.3 is 11.6 Å². The van der Waals surface area contributed by atoms with Crippen molar-refractivity contribution < 1.29 is 124 Å². The van der Waals surface area contributed by atoms with Crippen LogP contribution in [0.2, 0.25) is 0 Å². The molecule has 0 radical (unpaired) electrons. The molecule has 0 saturated heterocycles. The fraction of sp³-hybridized carbons (Fsp3) is 0.157. The number of carbonyl (C=O) groups is 2. The number of nitrogens with zero attached hydrogens (tertiary/aromatic N) is 4. The van der Waals surface area contributed by atoms with Gasteiger partial charge in [-0.2, -0.15) is 5.26 Å². The fourth-order valence-electron chi connectivity index (χ4n) is 7.89. The van der Waals surface area contributed by atoms with Crippen LogP contribution in [0.25, 0.3) is 48.4 Å². The van der Waals surface area contributed by atoms with Crippen molar-refractivity contribution in [3.8, 4) is 12.1 Å². The summed E-state index contributed by atoms with van der Waals surface area (Å²) >= 11 is 3.40. The molecular weight excluding hydrogens is 891 g/mol. The average molecular weight is 929 g/mol. The molecule has 1 unspecified atom stereocenters. The van der Waals surface area contributed by atoms with Gasteiger partial charge in [0.05, 0.1) is 18.4 Å². The number of allylic oxidation sites excluding steroid dienone is 1. The molecule has 0 saturated carbocycles. The Hall–Kier alpha value is -3.80. The van der Waals surface area contributed by atoms with Crippen LogP contribution in [0.5, 0.6) is 0 Å².